The van der Waals surface area contributed by atoms with Crippen LogP contribution >= 0.6 is 11.3 Å². The molecule has 0 fully saturated rings. The predicted molar refractivity (Wildman–Crippen MR) is 133 cm³/mol. The number of amides is 2. The Morgan fingerprint density at radius 2 is 1.53 bits per heavy atom. The lowest BCUT2D eigenvalue weighted by Crippen LogP contribution is -2.27. The van der Waals surface area contributed by atoms with Crippen LogP contribution in [0.25, 0.3) is 6.08 Å². The number of rotatable bonds is 7. The van der Waals surface area contributed by atoms with Gasteiger partial charge in [0.2, 0.25) is 11.8 Å². The first kappa shape index (κ1) is 23.1. The van der Waals surface area contributed by atoms with Crippen LogP contribution < -0.4 is 10.2 Å². The van der Waals surface area contributed by atoms with Gasteiger partial charge in [-0.2, -0.15) is 0 Å². The summed E-state index contributed by atoms with van der Waals surface area (Å²) >= 11 is 1.19. The van der Waals surface area contributed by atoms with Crippen molar-refractivity contribution in [2.45, 2.75) is 13.0 Å². The fraction of sp³-hybridized carbons (Fsp3) is 0.0741. The molecule has 0 aliphatic rings. The van der Waals surface area contributed by atoms with E-state index in [0.717, 1.165) is 11.1 Å². The topological polar surface area (TPSA) is 62.3 Å². The van der Waals surface area contributed by atoms with Crippen LogP contribution in [0.15, 0.2) is 96.4 Å². The molecule has 4 rings (SSSR count). The molecule has 0 unspecified atom stereocenters. The number of hydrogen-bond acceptors (Lipinski definition) is 4. The van der Waals surface area contributed by atoms with Crippen LogP contribution in [0.3, 0.4) is 0 Å². The Balaban J connectivity index is 1.52. The maximum atomic E-state index is 14.3. The summed E-state index contributed by atoms with van der Waals surface area (Å²) in [5.74, 6) is -1.16. The molecule has 0 aliphatic heterocycles. The first-order chi connectivity index (χ1) is 16.5. The number of halogens is 1. The molecular formula is C27H22FN3O2S. The highest BCUT2D eigenvalue weighted by Gasteiger charge is 2.20. The van der Waals surface area contributed by atoms with Crippen molar-refractivity contribution in [1.29, 1.82) is 0 Å². The van der Waals surface area contributed by atoms with Crippen molar-refractivity contribution in [2.75, 3.05) is 4.90 Å². The second-order valence-electron chi connectivity index (χ2n) is 7.46. The Kier molecular flexibility index (Phi) is 7.25. The van der Waals surface area contributed by atoms with Gasteiger partial charge in [-0.3, -0.25) is 14.5 Å². The normalized spacial score (nSPS) is 11.0. The van der Waals surface area contributed by atoms with Gasteiger partial charge in [0.15, 0.2) is 5.13 Å². The third-order valence-electron chi connectivity index (χ3n) is 5.07. The standard InChI is InChI=1S/C27H22FN3O2S/c1-19(32)31(24-15-9-8-14-23(24)28)27-29-22(18-34-27)16-17-25(33)30-26(20-10-4-2-5-11-20)21-12-6-3-7-13-21/h2-18,26H,1H3,(H,30,33)/b17-16+. The van der Waals surface area contributed by atoms with Crippen molar-refractivity contribution < 1.29 is 14.0 Å². The molecule has 0 atom stereocenters. The first-order valence-corrected chi connectivity index (χ1v) is 11.5. The summed E-state index contributed by atoms with van der Waals surface area (Å²) in [7, 11) is 0. The molecule has 3 aromatic carbocycles. The van der Waals surface area contributed by atoms with Crippen LogP contribution in [0.2, 0.25) is 0 Å². The van der Waals surface area contributed by atoms with Gasteiger partial charge in [-0.15, -0.1) is 11.3 Å². The third kappa shape index (κ3) is 5.44. The molecular weight excluding hydrogens is 449 g/mol. The third-order valence-corrected chi connectivity index (χ3v) is 5.91. The van der Waals surface area contributed by atoms with Crippen molar-refractivity contribution in [3.63, 3.8) is 0 Å². The zero-order chi connectivity index (χ0) is 23.9. The van der Waals surface area contributed by atoms with Gasteiger partial charge in [0, 0.05) is 18.4 Å². The second kappa shape index (κ2) is 10.7. The fourth-order valence-electron chi connectivity index (χ4n) is 3.50. The largest absolute Gasteiger partial charge is 0.342 e. The van der Waals surface area contributed by atoms with Crippen LogP contribution in [-0.2, 0) is 9.59 Å². The van der Waals surface area contributed by atoms with E-state index in [1.165, 1.54) is 41.4 Å². The van der Waals surface area contributed by atoms with Crippen molar-refractivity contribution in [3.05, 3.63) is 119 Å². The zero-order valence-electron chi connectivity index (χ0n) is 18.4. The SMILES string of the molecule is CC(=O)N(c1nc(/C=C/C(=O)NC(c2ccccc2)c2ccccc2)cs1)c1ccccc1F. The van der Waals surface area contributed by atoms with E-state index in [-0.39, 0.29) is 23.5 Å². The van der Waals surface area contributed by atoms with Crippen LogP contribution in [0.1, 0.15) is 29.8 Å². The minimum absolute atomic E-state index is 0.131. The van der Waals surface area contributed by atoms with E-state index in [2.05, 4.69) is 10.3 Å². The molecule has 0 saturated carbocycles. The predicted octanol–water partition coefficient (Wildman–Crippen LogP) is 5.89. The molecule has 0 spiro atoms. The van der Waals surface area contributed by atoms with Gasteiger partial charge in [-0.05, 0) is 29.3 Å². The zero-order valence-corrected chi connectivity index (χ0v) is 19.2. The van der Waals surface area contributed by atoms with Gasteiger partial charge >= 0.3 is 0 Å². The number of nitrogens with zero attached hydrogens (tertiary/aromatic N) is 2. The smallest absolute Gasteiger partial charge is 0.244 e. The Morgan fingerprint density at radius 1 is 0.941 bits per heavy atom. The Bertz CT molecular complexity index is 1270. The van der Waals surface area contributed by atoms with E-state index in [4.69, 9.17) is 0 Å². The maximum Gasteiger partial charge on any atom is 0.244 e. The molecule has 5 nitrogen and oxygen atoms in total. The van der Waals surface area contributed by atoms with Crippen LogP contribution in [0, 0.1) is 5.82 Å². The molecule has 2 amide bonds. The fourth-order valence-corrected chi connectivity index (χ4v) is 4.35. The number of anilines is 2. The molecule has 7 heteroatoms. The molecule has 1 heterocycles. The van der Waals surface area contributed by atoms with E-state index in [0.29, 0.717) is 10.8 Å². The van der Waals surface area contributed by atoms with Gasteiger partial charge in [0.1, 0.15) is 5.82 Å². The highest BCUT2D eigenvalue weighted by atomic mass is 32.1. The van der Waals surface area contributed by atoms with Gasteiger partial charge in [0.25, 0.3) is 0 Å². The van der Waals surface area contributed by atoms with E-state index >= 15 is 0 Å². The van der Waals surface area contributed by atoms with Crippen LogP contribution in [-0.4, -0.2) is 16.8 Å². The molecule has 1 aromatic heterocycles. The summed E-state index contributed by atoms with van der Waals surface area (Å²) < 4.78 is 14.3. The highest BCUT2D eigenvalue weighted by Crippen LogP contribution is 2.31. The molecule has 4 aromatic rings. The van der Waals surface area contributed by atoms with Gasteiger partial charge in [0.05, 0.1) is 17.4 Å². The average Bonchev–Trinajstić information content (AvgIpc) is 3.32. The van der Waals surface area contributed by atoms with Gasteiger partial charge in [-0.25, -0.2) is 9.37 Å². The van der Waals surface area contributed by atoms with Crippen molar-refractivity contribution in [1.82, 2.24) is 10.3 Å². The first-order valence-electron chi connectivity index (χ1n) is 10.6. The minimum atomic E-state index is -0.516. The number of aromatic nitrogens is 1. The van der Waals surface area contributed by atoms with Crippen molar-refractivity contribution in [3.8, 4) is 0 Å². The molecule has 0 radical (unpaired) electrons. The van der Waals surface area contributed by atoms with E-state index in [9.17, 15) is 14.0 Å². The van der Waals surface area contributed by atoms with E-state index < -0.39 is 5.82 Å². The van der Waals surface area contributed by atoms with Crippen LogP contribution in [0.5, 0.6) is 0 Å². The summed E-state index contributed by atoms with van der Waals surface area (Å²) in [6, 6.07) is 25.2. The molecule has 34 heavy (non-hydrogen) atoms. The lowest BCUT2D eigenvalue weighted by atomic mass is 9.99. The highest BCUT2D eigenvalue weighted by molar-refractivity contribution is 7.14. The summed E-state index contributed by atoms with van der Waals surface area (Å²) in [6.45, 7) is 1.35. The van der Waals surface area contributed by atoms with E-state index in [1.807, 2.05) is 60.7 Å². The van der Waals surface area contributed by atoms with E-state index in [1.54, 1.807) is 23.6 Å². The summed E-state index contributed by atoms with van der Waals surface area (Å²) in [4.78, 5) is 30.6. The summed E-state index contributed by atoms with van der Waals surface area (Å²) in [5, 5.41) is 5.07. The van der Waals surface area contributed by atoms with Gasteiger partial charge in [-0.1, -0.05) is 72.8 Å². The number of carbonyl (C=O) groups is 2. The number of nitrogens with one attached hydrogen (secondary N) is 1. The Hall–Kier alpha value is -4.10. The molecule has 0 bridgehead atoms. The van der Waals surface area contributed by atoms with Crippen LogP contribution in [0.4, 0.5) is 15.2 Å². The number of hydrogen-bond donors (Lipinski definition) is 1. The molecule has 0 aliphatic carbocycles. The molecule has 1 N–H and O–H groups in total. The molecule has 170 valence electrons. The van der Waals surface area contributed by atoms with Crippen molar-refractivity contribution >= 4 is 40.0 Å². The molecule has 0 saturated heterocycles. The lowest BCUT2D eigenvalue weighted by molar-refractivity contribution is -0.117. The number of thiazole rings is 1. The quantitative estimate of drug-likeness (QED) is 0.342. The number of carbonyl (C=O) groups excluding carboxylic acids is 2. The minimum Gasteiger partial charge on any atom is -0.342 e. The Labute approximate surface area is 201 Å². The number of benzene rings is 3. The monoisotopic (exact) mass is 471 g/mol. The van der Waals surface area contributed by atoms with Gasteiger partial charge < -0.3 is 5.32 Å². The number of para-hydroxylation sites is 1. The maximum absolute atomic E-state index is 14.3. The summed E-state index contributed by atoms with van der Waals surface area (Å²) in [5.41, 5.74) is 2.56. The Morgan fingerprint density at radius 3 is 2.12 bits per heavy atom. The average molecular weight is 472 g/mol. The summed E-state index contributed by atoms with van der Waals surface area (Å²) in [6.07, 6.45) is 2.97. The lowest BCUT2D eigenvalue weighted by Gasteiger charge is -2.19. The van der Waals surface area contributed by atoms with Crippen molar-refractivity contribution in [2.24, 2.45) is 0 Å². The second-order valence-corrected chi connectivity index (χ2v) is 8.29.